The monoisotopic (exact) mass is 327 g/mol. The van der Waals surface area contributed by atoms with Gasteiger partial charge in [0, 0.05) is 49.6 Å². The zero-order chi connectivity index (χ0) is 16.6. The number of hydrogen-bond donors (Lipinski definition) is 1. The number of ether oxygens (including phenoxy) is 1. The van der Waals surface area contributed by atoms with Crippen LogP contribution in [-0.2, 0) is 9.53 Å². The second-order valence-electron chi connectivity index (χ2n) is 6.49. The molecular weight excluding hydrogens is 306 g/mol. The molecule has 1 aromatic carbocycles. The van der Waals surface area contributed by atoms with Gasteiger partial charge >= 0.3 is 0 Å². The van der Waals surface area contributed by atoms with Crippen LogP contribution in [0, 0.1) is 0 Å². The summed E-state index contributed by atoms with van der Waals surface area (Å²) in [5, 5.41) is 12.7. The fraction of sp³-hybridized carbons (Fsp3) is 0.444. The van der Waals surface area contributed by atoms with Gasteiger partial charge in [-0.1, -0.05) is 24.3 Å². The van der Waals surface area contributed by atoms with E-state index >= 15 is 0 Å². The molecule has 4 rings (SSSR count). The van der Waals surface area contributed by atoms with E-state index in [1.807, 2.05) is 24.5 Å². The van der Waals surface area contributed by atoms with Gasteiger partial charge in [-0.25, -0.2) is 0 Å². The van der Waals surface area contributed by atoms with Crippen LogP contribution in [0.1, 0.15) is 6.42 Å². The lowest BCUT2D eigenvalue weighted by molar-refractivity contribution is -0.151. The lowest BCUT2D eigenvalue weighted by Crippen LogP contribution is -2.56. The molecular formula is C18H21N3O3. The smallest absolute Gasteiger partial charge is 0.257 e. The topological polar surface area (TPSA) is 65.9 Å². The highest BCUT2D eigenvalue weighted by molar-refractivity contribution is 5.93. The molecule has 1 atom stereocenters. The Labute approximate surface area is 140 Å². The summed E-state index contributed by atoms with van der Waals surface area (Å²) in [6.45, 7) is 3.23. The van der Waals surface area contributed by atoms with Crippen molar-refractivity contribution in [1.29, 1.82) is 0 Å². The second kappa shape index (κ2) is 6.03. The summed E-state index contributed by atoms with van der Waals surface area (Å²) in [6, 6.07) is 8.19. The van der Waals surface area contributed by atoms with Crippen molar-refractivity contribution in [2.75, 3.05) is 44.3 Å². The van der Waals surface area contributed by atoms with E-state index in [4.69, 9.17) is 4.74 Å². The molecule has 0 bridgehead atoms. The Hall–Kier alpha value is -2.18. The molecule has 2 saturated heterocycles. The van der Waals surface area contributed by atoms with Crippen LogP contribution in [0.4, 0.5) is 5.69 Å². The minimum Gasteiger partial charge on any atom is -0.378 e. The predicted octanol–water partition coefficient (Wildman–Crippen LogP) is 1.03. The van der Waals surface area contributed by atoms with Gasteiger partial charge in [-0.2, -0.15) is 0 Å². The molecule has 3 heterocycles. The maximum atomic E-state index is 12.5. The number of pyridine rings is 1. The number of nitrogens with zero attached hydrogens (tertiary/aromatic N) is 3. The first-order valence-electron chi connectivity index (χ1n) is 8.35. The number of hydrogen-bond acceptors (Lipinski definition) is 5. The van der Waals surface area contributed by atoms with Gasteiger partial charge in [0.25, 0.3) is 5.91 Å². The van der Waals surface area contributed by atoms with Crippen LogP contribution in [0.3, 0.4) is 0 Å². The molecule has 0 radical (unpaired) electrons. The SMILES string of the molecule is O=C(N1CCN(c2cncc3ccccc23)CC1)C1(O)CCOC1. The Kier molecular flexibility index (Phi) is 3.86. The Bertz CT molecular complexity index is 745. The van der Waals surface area contributed by atoms with E-state index in [0.717, 1.165) is 24.2 Å². The molecule has 1 amide bonds. The van der Waals surface area contributed by atoms with Crippen LogP contribution in [-0.4, -0.2) is 65.9 Å². The number of anilines is 1. The zero-order valence-corrected chi connectivity index (χ0v) is 13.5. The van der Waals surface area contributed by atoms with Gasteiger partial charge in [0.05, 0.1) is 25.1 Å². The minimum atomic E-state index is -1.33. The van der Waals surface area contributed by atoms with Crippen LogP contribution in [0.5, 0.6) is 0 Å². The van der Waals surface area contributed by atoms with Crippen LogP contribution >= 0.6 is 0 Å². The maximum Gasteiger partial charge on any atom is 0.257 e. The first-order chi connectivity index (χ1) is 11.7. The van der Waals surface area contributed by atoms with Crippen LogP contribution in [0.25, 0.3) is 10.8 Å². The van der Waals surface area contributed by atoms with E-state index < -0.39 is 5.60 Å². The van der Waals surface area contributed by atoms with E-state index in [1.54, 1.807) is 4.90 Å². The fourth-order valence-corrected chi connectivity index (χ4v) is 3.52. The summed E-state index contributed by atoms with van der Waals surface area (Å²) < 4.78 is 5.19. The molecule has 2 fully saturated rings. The molecule has 0 saturated carbocycles. The Morgan fingerprint density at radius 3 is 2.71 bits per heavy atom. The van der Waals surface area contributed by atoms with Crippen molar-refractivity contribution < 1.29 is 14.6 Å². The largest absolute Gasteiger partial charge is 0.378 e. The number of aromatic nitrogens is 1. The summed E-state index contributed by atoms with van der Waals surface area (Å²) in [7, 11) is 0. The number of rotatable bonds is 2. The van der Waals surface area contributed by atoms with Gasteiger partial charge in [-0.05, 0) is 0 Å². The van der Waals surface area contributed by atoms with Crippen molar-refractivity contribution in [2.45, 2.75) is 12.0 Å². The average molecular weight is 327 g/mol. The Morgan fingerprint density at radius 2 is 1.96 bits per heavy atom. The Balaban J connectivity index is 1.49. The molecule has 1 aromatic heterocycles. The lowest BCUT2D eigenvalue weighted by Gasteiger charge is -2.38. The quantitative estimate of drug-likeness (QED) is 0.893. The van der Waals surface area contributed by atoms with E-state index in [9.17, 15) is 9.90 Å². The van der Waals surface area contributed by atoms with Gasteiger partial charge in [0.1, 0.15) is 0 Å². The highest BCUT2D eigenvalue weighted by Crippen LogP contribution is 2.27. The van der Waals surface area contributed by atoms with Crippen molar-refractivity contribution in [2.24, 2.45) is 0 Å². The number of benzene rings is 1. The van der Waals surface area contributed by atoms with E-state index in [0.29, 0.717) is 26.1 Å². The number of piperazine rings is 1. The lowest BCUT2D eigenvalue weighted by atomic mass is 10.0. The molecule has 2 aliphatic rings. The van der Waals surface area contributed by atoms with Crippen molar-refractivity contribution >= 4 is 22.4 Å². The standard InChI is InChI=1S/C18H21N3O3/c22-17(18(23)5-10-24-13-18)21-8-6-20(7-9-21)16-12-19-11-14-3-1-2-4-15(14)16/h1-4,11-12,23H,5-10,13H2. The third-order valence-electron chi connectivity index (χ3n) is 4.95. The third kappa shape index (κ3) is 2.61. The molecule has 2 aromatic rings. The first-order valence-corrected chi connectivity index (χ1v) is 8.35. The second-order valence-corrected chi connectivity index (χ2v) is 6.49. The van der Waals surface area contributed by atoms with Crippen LogP contribution < -0.4 is 4.90 Å². The molecule has 6 heteroatoms. The van der Waals surface area contributed by atoms with E-state index in [1.165, 1.54) is 5.39 Å². The summed E-state index contributed by atoms with van der Waals surface area (Å²) in [4.78, 5) is 20.9. The molecule has 1 N–H and O–H groups in total. The van der Waals surface area contributed by atoms with Gasteiger partial charge in [-0.3, -0.25) is 9.78 Å². The Morgan fingerprint density at radius 1 is 1.17 bits per heavy atom. The average Bonchev–Trinajstić information content (AvgIpc) is 3.09. The van der Waals surface area contributed by atoms with Crippen molar-refractivity contribution in [3.63, 3.8) is 0 Å². The normalized spacial score (nSPS) is 24.5. The maximum absolute atomic E-state index is 12.5. The van der Waals surface area contributed by atoms with Crippen molar-refractivity contribution in [1.82, 2.24) is 9.88 Å². The highest BCUT2D eigenvalue weighted by Gasteiger charge is 2.43. The van der Waals surface area contributed by atoms with Gasteiger partial charge in [0.15, 0.2) is 5.60 Å². The minimum absolute atomic E-state index is 0.110. The summed E-state index contributed by atoms with van der Waals surface area (Å²) in [5.41, 5.74) is -0.230. The van der Waals surface area contributed by atoms with Gasteiger partial charge in [0.2, 0.25) is 0 Å². The molecule has 0 aliphatic carbocycles. The number of amides is 1. The molecule has 0 spiro atoms. The molecule has 2 aliphatic heterocycles. The third-order valence-corrected chi connectivity index (χ3v) is 4.95. The number of fused-ring (bicyclic) bond motifs is 1. The fourth-order valence-electron chi connectivity index (χ4n) is 3.52. The number of aliphatic hydroxyl groups is 1. The molecule has 126 valence electrons. The molecule has 6 nitrogen and oxygen atoms in total. The summed E-state index contributed by atoms with van der Waals surface area (Å²) in [6.07, 6.45) is 4.14. The molecule has 1 unspecified atom stereocenters. The predicted molar refractivity (Wildman–Crippen MR) is 90.9 cm³/mol. The van der Waals surface area contributed by atoms with Gasteiger partial charge < -0.3 is 19.6 Å². The van der Waals surface area contributed by atoms with E-state index in [2.05, 4.69) is 22.0 Å². The van der Waals surface area contributed by atoms with Crippen LogP contribution in [0.15, 0.2) is 36.7 Å². The summed E-state index contributed by atoms with van der Waals surface area (Å²) >= 11 is 0. The first kappa shape index (κ1) is 15.4. The highest BCUT2D eigenvalue weighted by atomic mass is 16.5. The van der Waals surface area contributed by atoms with Crippen molar-refractivity contribution in [3.8, 4) is 0 Å². The summed E-state index contributed by atoms with van der Waals surface area (Å²) in [5.74, 6) is -0.198. The molecule has 24 heavy (non-hydrogen) atoms. The number of carbonyl (C=O) groups excluding carboxylic acids is 1. The van der Waals surface area contributed by atoms with Crippen LogP contribution in [0.2, 0.25) is 0 Å². The van der Waals surface area contributed by atoms with Crippen molar-refractivity contribution in [3.05, 3.63) is 36.7 Å². The van der Waals surface area contributed by atoms with Gasteiger partial charge in [-0.15, -0.1) is 0 Å². The van der Waals surface area contributed by atoms with E-state index in [-0.39, 0.29) is 12.5 Å². The zero-order valence-electron chi connectivity index (χ0n) is 13.5. The number of carbonyl (C=O) groups is 1.